The first-order chi connectivity index (χ1) is 11.3. The van der Waals surface area contributed by atoms with Gasteiger partial charge in [-0.15, -0.1) is 0 Å². The lowest BCUT2D eigenvalue weighted by Crippen LogP contribution is -2.31. The van der Waals surface area contributed by atoms with Crippen LogP contribution < -0.4 is 15.4 Å². The highest BCUT2D eigenvalue weighted by Gasteiger charge is 2.28. The molecule has 0 spiro atoms. The van der Waals surface area contributed by atoms with Crippen LogP contribution in [0.15, 0.2) is 48.7 Å². The van der Waals surface area contributed by atoms with Gasteiger partial charge in [0.15, 0.2) is 6.61 Å². The molecule has 0 saturated heterocycles. The minimum Gasteiger partial charge on any atom is -0.468 e. The SMILES string of the molecule is CC(NC(=O)Nc1ccc(OCC(F)(F)F)nc1)c1ccccc1. The van der Waals surface area contributed by atoms with Gasteiger partial charge in [-0.1, -0.05) is 30.3 Å². The molecule has 2 amide bonds. The number of nitrogens with one attached hydrogen (secondary N) is 2. The molecule has 2 aromatic rings. The summed E-state index contributed by atoms with van der Waals surface area (Å²) in [5, 5.41) is 5.30. The highest BCUT2D eigenvalue weighted by molar-refractivity contribution is 5.89. The lowest BCUT2D eigenvalue weighted by molar-refractivity contribution is -0.154. The quantitative estimate of drug-likeness (QED) is 0.868. The summed E-state index contributed by atoms with van der Waals surface area (Å²) in [6.07, 6.45) is -3.20. The summed E-state index contributed by atoms with van der Waals surface area (Å²) in [5.74, 6) is -0.170. The number of pyridine rings is 1. The van der Waals surface area contributed by atoms with Crippen LogP contribution in [0.2, 0.25) is 0 Å². The molecule has 1 aromatic heterocycles. The molecule has 1 aromatic carbocycles. The lowest BCUT2D eigenvalue weighted by Gasteiger charge is -2.15. The van der Waals surface area contributed by atoms with Crippen LogP contribution in [0, 0.1) is 0 Å². The predicted octanol–water partition coefficient (Wildman–Crippen LogP) is 3.91. The average Bonchev–Trinajstić information content (AvgIpc) is 2.54. The second-order valence-electron chi connectivity index (χ2n) is 5.02. The van der Waals surface area contributed by atoms with Crippen LogP contribution >= 0.6 is 0 Å². The topological polar surface area (TPSA) is 63.2 Å². The van der Waals surface area contributed by atoms with Gasteiger partial charge in [0.25, 0.3) is 0 Å². The smallest absolute Gasteiger partial charge is 0.422 e. The summed E-state index contributed by atoms with van der Waals surface area (Å²) in [4.78, 5) is 15.6. The molecule has 1 atom stereocenters. The number of amides is 2. The first kappa shape index (κ1) is 17.6. The number of halogens is 3. The number of nitrogens with zero attached hydrogens (tertiary/aromatic N) is 1. The first-order valence-corrected chi connectivity index (χ1v) is 7.11. The number of hydrogen-bond acceptors (Lipinski definition) is 3. The number of carbonyl (C=O) groups is 1. The number of alkyl halides is 3. The molecule has 0 aliphatic carbocycles. The van der Waals surface area contributed by atoms with E-state index < -0.39 is 18.8 Å². The molecule has 8 heteroatoms. The maximum absolute atomic E-state index is 12.0. The second-order valence-corrected chi connectivity index (χ2v) is 5.02. The number of carbonyl (C=O) groups excluding carboxylic acids is 1. The Kier molecular flexibility index (Phi) is 5.62. The Bertz CT molecular complexity index is 661. The van der Waals surface area contributed by atoms with E-state index in [1.54, 1.807) is 0 Å². The fraction of sp³-hybridized carbons (Fsp3) is 0.250. The Morgan fingerprint density at radius 1 is 1.21 bits per heavy atom. The summed E-state index contributed by atoms with van der Waals surface area (Å²) in [6.45, 7) is 0.420. The van der Waals surface area contributed by atoms with Crippen molar-refractivity contribution in [2.24, 2.45) is 0 Å². The number of rotatable bonds is 5. The van der Waals surface area contributed by atoms with Crippen LogP contribution in [0.1, 0.15) is 18.5 Å². The second kappa shape index (κ2) is 7.67. The Morgan fingerprint density at radius 3 is 2.50 bits per heavy atom. The Balaban J connectivity index is 1.85. The minimum absolute atomic E-state index is 0.170. The maximum Gasteiger partial charge on any atom is 0.422 e. The molecule has 128 valence electrons. The fourth-order valence-electron chi connectivity index (χ4n) is 1.88. The summed E-state index contributed by atoms with van der Waals surface area (Å²) in [5.41, 5.74) is 1.29. The fourth-order valence-corrected chi connectivity index (χ4v) is 1.88. The number of anilines is 1. The van der Waals surface area contributed by atoms with E-state index >= 15 is 0 Å². The minimum atomic E-state index is -4.42. The molecular formula is C16H16F3N3O2. The standard InChI is InChI=1S/C16H16F3N3O2/c1-11(12-5-3-2-4-6-12)21-15(23)22-13-7-8-14(20-9-13)24-10-16(17,18)19/h2-9,11H,10H2,1H3,(H2,21,22,23). The van der Waals surface area contributed by atoms with E-state index in [0.29, 0.717) is 5.69 Å². The van der Waals surface area contributed by atoms with E-state index in [1.807, 2.05) is 37.3 Å². The van der Waals surface area contributed by atoms with Crippen molar-refractivity contribution >= 4 is 11.7 Å². The van der Waals surface area contributed by atoms with E-state index in [2.05, 4.69) is 20.4 Å². The van der Waals surface area contributed by atoms with Gasteiger partial charge in [0.2, 0.25) is 5.88 Å². The third kappa shape index (κ3) is 5.79. The summed E-state index contributed by atoms with van der Waals surface area (Å²) in [7, 11) is 0. The molecule has 0 fully saturated rings. The van der Waals surface area contributed by atoms with Crippen LogP contribution in [-0.2, 0) is 0 Å². The molecular weight excluding hydrogens is 323 g/mol. The van der Waals surface area contributed by atoms with Crippen LogP contribution in [0.5, 0.6) is 5.88 Å². The van der Waals surface area contributed by atoms with Gasteiger partial charge < -0.3 is 15.4 Å². The third-order valence-electron chi connectivity index (χ3n) is 3.03. The highest BCUT2D eigenvalue weighted by atomic mass is 19.4. The zero-order chi connectivity index (χ0) is 17.6. The average molecular weight is 339 g/mol. The van der Waals surface area contributed by atoms with Gasteiger partial charge >= 0.3 is 12.2 Å². The summed E-state index contributed by atoms with van der Waals surface area (Å²) < 4.78 is 40.6. The van der Waals surface area contributed by atoms with E-state index in [1.165, 1.54) is 18.3 Å². The van der Waals surface area contributed by atoms with E-state index in [4.69, 9.17) is 0 Å². The number of urea groups is 1. The monoisotopic (exact) mass is 339 g/mol. The van der Waals surface area contributed by atoms with Gasteiger partial charge in [-0.2, -0.15) is 13.2 Å². The molecule has 0 aliphatic rings. The van der Waals surface area contributed by atoms with Crippen molar-refractivity contribution in [3.05, 3.63) is 54.2 Å². The van der Waals surface area contributed by atoms with Crippen LogP contribution in [0.3, 0.4) is 0 Å². The van der Waals surface area contributed by atoms with Gasteiger partial charge in [0.1, 0.15) is 0 Å². The largest absolute Gasteiger partial charge is 0.468 e. The van der Waals surface area contributed by atoms with Gasteiger partial charge in [0, 0.05) is 6.07 Å². The van der Waals surface area contributed by atoms with E-state index in [-0.39, 0.29) is 11.9 Å². The molecule has 0 radical (unpaired) electrons. The Morgan fingerprint density at radius 2 is 1.92 bits per heavy atom. The third-order valence-corrected chi connectivity index (χ3v) is 3.03. The zero-order valence-electron chi connectivity index (χ0n) is 12.8. The molecule has 1 heterocycles. The number of aromatic nitrogens is 1. The van der Waals surface area contributed by atoms with Crippen LogP contribution in [0.4, 0.5) is 23.7 Å². The van der Waals surface area contributed by atoms with E-state index in [0.717, 1.165) is 5.56 Å². The van der Waals surface area contributed by atoms with Crippen molar-refractivity contribution in [3.8, 4) is 5.88 Å². The molecule has 1 unspecified atom stereocenters. The summed E-state index contributed by atoms with van der Waals surface area (Å²) in [6, 6.07) is 11.4. The predicted molar refractivity (Wildman–Crippen MR) is 82.8 cm³/mol. The Hall–Kier alpha value is -2.77. The molecule has 0 bridgehead atoms. The molecule has 2 N–H and O–H groups in total. The van der Waals surface area contributed by atoms with Crippen molar-refractivity contribution in [3.63, 3.8) is 0 Å². The van der Waals surface area contributed by atoms with Gasteiger partial charge in [-0.05, 0) is 18.6 Å². The van der Waals surface area contributed by atoms with Crippen LogP contribution in [0.25, 0.3) is 0 Å². The van der Waals surface area contributed by atoms with Crippen molar-refractivity contribution < 1.29 is 22.7 Å². The van der Waals surface area contributed by atoms with Crippen molar-refractivity contribution in [2.45, 2.75) is 19.1 Å². The zero-order valence-corrected chi connectivity index (χ0v) is 12.8. The normalized spacial score (nSPS) is 12.3. The molecule has 0 aliphatic heterocycles. The summed E-state index contributed by atoms with van der Waals surface area (Å²) >= 11 is 0. The molecule has 5 nitrogen and oxygen atoms in total. The molecule has 24 heavy (non-hydrogen) atoms. The van der Waals surface area contributed by atoms with Gasteiger partial charge in [-0.25, -0.2) is 9.78 Å². The molecule has 2 rings (SSSR count). The molecule has 0 saturated carbocycles. The van der Waals surface area contributed by atoms with Gasteiger partial charge in [0.05, 0.1) is 17.9 Å². The van der Waals surface area contributed by atoms with Crippen LogP contribution in [-0.4, -0.2) is 23.8 Å². The Labute approximate surface area is 136 Å². The highest BCUT2D eigenvalue weighted by Crippen LogP contribution is 2.18. The van der Waals surface area contributed by atoms with E-state index in [9.17, 15) is 18.0 Å². The number of benzene rings is 1. The maximum atomic E-state index is 12.0. The first-order valence-electron chi connectivity index (χ1n) is 7.11. The van der Waals surface area contributed by atoms with Gasteiger partial charge in [-0.3, -0.25) is 0 Å². The van der Waals surface area contributed by atoms with Crippen molar-refractivity contribution in [1.29, 1.82) is 0 Å². The number of hydrogen-bond donors (Lipinski definition) is 2. The number of ether oxygens (including phenoxy) is 1. The van der Waals surface area contributed by atoms with Crippen molar-refractivity contribution in [2.75, 3.05) is 11.9 Å². The lowest BCUT2D eigenvalue weighted by atomic mass is 10.1. The van der Waals surface area contributed by atoms with Crippen molar-refractivity contribution in [1.82, 2.24) is 10.3 Å².